The van der Waals surface area contributed by atoms with Crippen molar-refractivity contribution < 1.29 is 19.1 Å². The van der Waals surface area contributed by atoms with Gasteiger partial charge in [-0.2, -0.15) is 0 Å². The van der Waals surface area contributed by atoms with Crippen molar-refractivity contribution in [3.63, 3.8) is 0 Å². The molecule has 0 spiro atoms. The van der Waals surface area contributed by atoms with Crippen molar-refractivity contribution in [2.75, 3.05) is 20.0 Å². The minimum atomic E-state index is -0.648. The molecule has 92 valence electrons. The van der Waals surface area contributed by atoms with Gasteiger partial charge in [-0.15, -0.1) is 0 Å². The van der Waals surface area contributed by atoms with E-state index in [9.17, 15) is 9.59 Å². The third-order valence-electron chi connectivity index (χ3n) is 2.05. The Morgan fingerprint density at radius 2 is 1.82 bits per heavy atom. The Morgan fingerprint density at radius 1 is 1.29 bits per heavy atom. The molecule has 1 aromatic rings. The predicted molar refractivity (Wildman–Crippen MR) is 66.2 cm³/mol. The van der Waals surface area contributed by atoms with Gasteiger partial charge in [-0.3, -0.25) is 0 Å². The summed E-state index contributed by atoms with van der Waals surface area (Å²) in [5.41, 5.74) is 5.93. The van der Waals surface area contributed by atoms with E-state index in [1.807, 2.05) is 0 Å². The van der Waals surface area contributed by atoms with E-state index in [4.69, 9.17) is 17.3 Å². The molecule has 0 radical (unpaired) electrons. The van der Waals surface area contributed by atoms with E-state index in [0.29, 0.717) is 0 Å². The summed E-state index contributed by atoms with van der Waals surface area (Å²) in [5.74, 6) is -1.29. The quantitative estimate of drug-likeness (QED) is 0.667. The van der Waals surface area contributed by atoms with E-state index >= 15 is 0 Å². The summed E-state index contributed by atoms with van der Waals surface area (Å²) in [6.07, 6.45) is 0. The van der Waals surface area contributed by atoms with Gasteiger partial charge in [0.15, 0.2) is 0 Å². The first-order valence-electron chi connectivity index (χ1n) is 4.38. The topological polar surface area (TPSA) is 78.6 Å². The minimum Gasteiger partial charge on any atom is -0.465 e. The van der Waals surface area contributed by atoms with Crippen molar-refractivity contribution in [1.29, 1.82) is 0 Å². The Balaban J connectivity index is 3.47. The Labute approximate surface area is 111 Å². The SMILES string of the molecule is COC(=O)c1cc(Cl)c(C(=O)OC)c(Br)c1N. The molecule has 0 heterocycles. The Morgan fingerprint density at radius 3 is 2.29 bits per heavy atom. The molecule has 0 bridgehead atoms. The zero-order chi connectivity index (χ0) is 13.2. The number of benzene rings is 1. The summed E-state index contributed by atoms with van der Waals surface area (Å²) in [7, 11) is 2.44. The molecule has 0 atom stereocenters. The number of esters is 2. The minimum absolute atomic E-state index is 0.0540. The van der Waals surface area contributed by atoms with E-state index in [-0.39, 0.29) is 26.3 Å². The third kappa shape index (κ3) is 2.53. The lowest BCUT2D eigenvalue weighted by atomic mass is 10.1. The van der Waals surface area contributed by atoms with Gasteiger partial charge in [-0.1, -0.05) is 11.6 Å². The second kappa shape index (κ2) is 5.37. The van der Waals surface area contributed by atoms with Gasteiger partial charge in [0.1, 0.15) is 0 Å². The van der Waals surface area contributed by atoms with Gasteiger partial charge < -0.3 is 15.2 Å². The highest BCUT2D eigenvalue weighted by Crippen LogP contribution is 2.34. The van der Waals surface area contributed by atoms with Gasteiger partial charge in [-0.05, 0) is 22.0 Å². The van der Waals surface area contributed by atoms with Crippen LogP contribution in [0.5, 0.6) is 0 Å². The number of carbonyl (C=O) groups excluding carboxylic acids is 2. The number of methoxy groups -OCH3 is 2. The summed E-state index contributed by atoms with van der Waals surface area (Å²) in [6, 6.07) is 1.26. The van der Waals surface area contributed by atoms with Crippen LogP contribution in [-0.2, 0) is 9.47 Å². The number of ether oxygens (including phenoxy) is 2. The van der Waals surface area contributed by atoms with Crippen LogP contribution in [0.4, 0.5) is 5.69 Å². The standard InChI is InChI=1S/C10H9BrClNO4/c1-16-9(14)4-3-5(12)6(10(15)17-2)7(11)8(4)13/h3H,13H2,1-2H3. The zero-order valence-electron chi connectivity index (χ0n) is 9.04. The van der Waals surface area contributed by atoms with Crippen LogP contribution in [0.15, 0.2) is 10.5 Å². The van der Waals surface area contributed by atoms with Crippen LogP contribution in [0.2, 0.25) is 5.02 Å². The summed E-state index contributed by atoms with van der Waals surface area (Å²) in [6.45, 7) is 0. The molecule has 1 aromatic carbocycles. The van der Waals surface area contributed by atoms with Gasteiger partial charge in [0, 0.05) is 0 Å². The molecule has 2 N–H and O–H groups in total. The van der Waals surface area contributed by atoms with Crippen LogP contribution < -0.4 is 5.73 Å². The fourth-order valence-electron chi connectivity index (χ4n) is 1.20. The number of hydrogen-bond acceptors (Lipinski definition) is 5. The molecule has 7 heteroatoms. The molecule has 5 nitrogen and oxygen atoms in total. The normalized spacial score (nSPS) is 9.88. The van der Waals surface area contributed by atoms with Crippen LogP contribution in [0, 0.1) is 0 Å². The number of hydrogen-bond donors (Lipinski definition) is 1. The molecule has 0 saturated heterocycles. The number of carbonyl (C=O) groups is 2. The fraction of sp³-hybridized carbons (Fsp3) is 0.200. The first-order chi connectivity index (χ1) is 7.93. The molecular weight excluding hydrogens is 313 g/mol. The van der Waals surface area contributed by atoms with Crippen molar-refractivity contribution in [3.05, 3.63) is 26.7 Å². The van der Waals surface area contributed by atoms with Gasteiger partial charge in [0.05, 0.1) is 40.5 Å². The monoisotopic (exact) mass is 321 g/mol. The van der Waals surface area contributed by atoms with Crippen LogP contribution >= 0.6 is 27.5 Å². The number of halogens is 2. The third-order valence-corrected chi connectivity index (χ3v) is 3.17. The van der Waals surface area contributed by atoms with Crippen molar-refractivity contribution in [1.82, 2.24) is 0 Å². The average Bonchev–Trinajstić information content (AvgIpc) is 2.32. The van der Waals surface area contributed by atoms with Crippen molar-refractivity contribution in [2.24, 2.45) is 0 Å². The van der Waals surface area contributed by atoms with Crippen LogP contribution in [0.1, 0.15) is 20.7 Å². The van der Waals surface area contributed by atoms with Gasteiger partial charge in [0.2, 0.25) is 0 Å². The molecule has 0 aliphatic carbocycles. The van der Waals surface area contributed by atoms with E-state index in [1.54, 1.807) is 0 Å². The van der Waals surface area contributed by atoms with Crippen LogP contribution in [-0.4, -0.2) is 26.2 Å². The average molecular weight is 323 g/mol. The molecule has 0 saturated carbocycles. The maximum absolute atomic E-state index is 11.4. The molecule has 0 aliphatic rings. The van der Waals surface area contributed by atoms with Crippen molar-refractivity contribution >= 4 is 45.2 Å². The molecule has 1 rings (SSSR count). The van der Waals surface area contributed by atoms with Gasteiger partial charge in [-0.25, -0.2) is 9.59 Å². The van der Waals surface area contributed by atoms with Crippen LogP contribution in [0.25, 0.3) is 0 Å². The highest BCUT2D eigenvalue weighted by atomic mass is 79.9. The molecule has 0 amide bonds. The Bertz CT molecular complexity index is 490. The first-order valence-corrected chi connectivity index (χ1v) is 5.55. The molecular formula is C10H9BrClNO4. The molecule has 17 heavy (non-hydrogen) atoms. The van der Waals surface area contributed by atoms with Crippen LogP contribution in [0.3, 0.4) is 0 Å². The number of anilines is 1. The zero-order valence-corrected chi connectivity index (χ0v) is 11.4. The predicted octanol–water partition coefficient (Wildman–Crippen LogP) is 2.26. The summed E-state index contributed by atoms with van der Waals surface area (Å²) >= 11 is 8.99. The summed E-state index contributed by atoms with van der Waals surface area (Å²) in [5, 5.41) is 0.0540. The van der Waals surface area contributed by atoms with E-state index in [0.717, 1.165) is 0 Å². The lowest BCUT2D eigenvalue weighted by Crippen LogP contribution is -2.11. The maximum Gasteiger partial charge on any atom is 0.340 e. The number of rotatable bonds is 2. The summed E-state index contributed by atoms with van der Waals surface area (Å²) < 4.78 is 9.30. The van der Waals surface area contributed by atoms with Crippen molar-refractivity contribution in [3.8, 4) is 0 Å². The van der Waals surface area contributed by atoms with Crippen molar-refractivity contribution in [2.45, 2.75) is 0 Å². The molecule has 0 fully saturated rings. The number of nitrogen functional groups attached to an aromatic ring is 1. The maximum atomic E-state index is 11.4. The Hall–Kier alpha value is -1.27. The molecule has 0 aromatic heterocycles. The van der Waals surface area contributed by atoms with E-state index in [2.05, 4.69) is 25.4 Å². The highest BCUT2D eigenvalue weighted by Gasteiger charge is 2.23. The van der Waals surface area contributed by atoms with E-state index in [1.165, 1.54) is 20.3 Å². The van der Waals surface area contributed by atoms with Gasteiger partial charge in [0.25, 0.3) is 0 Å². The highest BCUT2D eigenvalue weighted by molar-refractivity contribution is 9.10. The van der Waals surface area contributed by atoms with Gasteiger partial charge >= 0.3 is 11.9 Å². The lowest BCUT2D eigenvalue weighted by molar-refractivity contribution is 0.0587. The lowest BCUT2D eigenvalue weighted by Gasteiger charge is -2.11. The molecule has 0 aliphatic heterocycles. The first kappa shape index (κ1) is 13.8. The second-order valence-corrected chi connectivity index (χ2v) is 4.19. The largest absolute Gasteiger partial charge is 0.465 e. The second-order valence-electron chi connectivity index (χ2n) is 2.99. The smallest absolute Gasteiger partial charge is 0.340 e. The Kier molecular flexibility index (Phi) is 4.36. The fourth-order valence-corrected chi connectivity index (χ4v) is 2.19. The molecule has 0 unspecified atom stereocenters. The number of nitrogens with two attached hydrogens (primary N) is 1. The summed E-state index contributed by atoms with van der Waals surface area (Å²) in [4.78, 5) is 22.8. The van der Waals surface area contributed by atoms with E-state index < -0.39 is 11.9 Å².